The van der Waals surface area contributed by atoms with E-state index in [4.69, 9.17) is 0 Å². The molecule has 0 aromatic heterocycles. The summed E-state index contributed by atoms with van der Waals surface area (Å²) in [5, 5.41) is 2.28. The zero-order chi connectivity index (χ0) is 17.5. The number of carbonyl (C=O) groups is 2. The first kappa shape index (κ1) is 16.6. The van der Waals surface area contributed by atoms with Gasteiger partial charge in [-0.2, -0.15) is 0 Å². The van der Waals surface area contributed by atoms with Gasteiger partial charge < -0.3 is 0 Å². The van der Waals surface area contributed by atoms with E-state index in [2.05, 4.69) is 0 Å². The van der Waals surface area contributed by atoms with Gasteiger partial charge in [-0.25, -0.2) is 0 Å². The summed E-state index contributed by atoms with van der Waals surface area (Å²) in [5.41, 5.74) is 1.88. The van der Waals surface area contributed by atoms with Gasteiger partial charge in [-0.1, -0.05) is 78.9 Å². The lowest BCUT2D eigenvalue weighted by Gasteiger charge is -1.99. The Morgan fingerprint density at radius 2 is 1.24 bits per heavy atom. The minimum absolute atomic E-state index is 0.118. The van der Waals surface area contributed by atoms with Crippen LogP contribution in [0.3, 0.4) is 0 Å². The Kier molecular flexibility index (Phi) is 5.32. The highest BCUT2D eigenvalue weighted by atomic mass is 16.1. The van der Waals surface area contributed by atoms with Crippen molar-refractivity contribution in [3.63, 3.8) is 0 Å². The van der Waals surface area contributed by atoms with Gasteiger partial charge in [0.1, 0.15) is 0 Å². The molecule has 0 radical (unpaired) electrons. The summed E-state index contributed by atoms with van der Waals surface area (Å²) >= 11 is 0. The van der Waals surface area contributed by atoms with Gasteiger partial charge in [-0.15, -0.1) is 0 Å². The molecule has 0 aliphatic heterocycles. The van der Waals surface area contributed by atoms with Crippen molar-refractivity contribution in [2.24, 2.45) is 0 Å². The molecule has 0 saturated carbocycles. The third-order valence-electron chi connectivity index (χ3n) is 3.84. The molecule has 0 spiro atoms. The average Bonchev–Trinajstić information content (AvgIpc) is 2.65. The molecule has 0 atom stereocenters. The predicted octanol–water partition coefficient (Wildman–Crippen LogP) is 5.09. The van der Waals surface area contributed by atoms with Gasteiger partial charge in [0.15, 0.2) is 11.6 Å². The summed E-state index contributed by atoms with van der Waals surface area (Å²) < 4.78 is 0. The lowest BCUT2D eigenvalue weighted by atomic mass is 10.1. The van der Waals surface area contributed by atoms with E-state index >= 15 is 0 Å². The molecule has 122 valence electrons. The third-order valence-corrected chi connectivity index (χ3v) is 3.84. The number of carbonyl (C=O) groups excluding carboxylic acids is 2. The highest BCUT2D eigenvalue weighted by Gasteiger charge is 2.03. The Morgan fingerprint density at radius 1 is 0.640 bits per heavy atom. The molecule has 0 bridgehead atoms. The zero-order valence-electron chi connectivity index (χ0n) is 13.8. The van der Waals surface area contributed by atoms with E-state index in [-0.39, 0.29) is 18.0 Å². The van der Waals surface area contributed by atoms with E-state index in [1.807, 2.05) is 72.8 Å². The smallest absolute Gasteiger partial charge is 0.163 e. The standard InChI is InChI=1S/C23H18O2/c24-22(14-11-18-6-2-1-3-7-18)17-23(25)15-12-19-10-13-20-8-4-5-9-21(20)16-19/h1-16H,17H2/b14-11+,15-12+. The predicted molar refractivity (Wildman–Crippen MR) is 103 cm³/mol. The van der Waals surface area contributed by atoms with Crippen LogP contribution < -0.4 is 0 Å². The van der Waals surface area contributed by atoms with Crippen molar-refractivity contribution in [1.29, 1.82) is 0 Å². The second kappa shape index (κ2) is 8.02. The van der Waals surface area contributed by atoms with Crippen LogP contribution in [0.5, 0.6) is 0 Å². The molecule has 0 fully saturated rings. The second-order valence-corrected chi connectivity index (χ2v) is 5.79. The van der Waals surface area contributed by atoms with Gasteiger partial charge in [0.2, 0.25) is 0 Å². The molecule has 0 heterocycles. The Balaban J connectivity index is 1.60. The molecule has 0 amide bonds. The zero-order valence-corrected chi connectivity index (χ0v) is 13.8. The lowest BCUT2D eigenvalue weighted by Crippen LogP contribution is -2.01. The minimum atomic E-state index is -0.198. The van der Waals surface area contributed by atoms with Crippen molar-refractivity contribution < 1.29 is 9.59 Å². The first-order valence-electron chi connectivity index (χ1n) is 8.16. The van der Waals surface area contributed by atoms with E-state index < -0.39 is 0 Å². The van der Waals surface area contributed by atoms with Crippen molar-refractivity contribution in [3.8, 4) is 0 Å². The maximum absolute atomic E-state index is 12.0. The highest BCUT2D eigenvalue weighted by Crippen LogP contribution is 2.16. The molecule has 2 heteroatoms. The molecule has 3 aromatic carbocycles. The minimum Gasteiger partial charge on any atom is -0.294 e. The van der Waals surface area contributed by atoms with Crippen LogP contribution in [0, 0.1) is 0 Å². The van der Waals surface area contributed by atoms with Gasteiger partial charge in [0.05, 0.1) is 6.42 Å². The van der Waals surface area contributed by atoms with Crippen LogP contribution in [0.1, 0.15) is 17.5 Å². The van der Waals surface area contributed by atoms with E-state index in [9.17, 15) is 9.59 Å². The van der Waals surface area contributed by atoms with Crippen LogP contribution in [-0.2, 0) is 9.59 Å². The number of ketones is 2. The molecule has 0 aliphatic carbocycles. The fourth-order valence-electron chi connectivity index (χ4n) is 2.54. The number of hydrogen-bond donors (Lipinski definition) is 0. The summed E-state index contributed by atoms with van der Waals surface area (Å²) in [6.07, 6.45) is 6.29. The van der Waals surface area contributed by atoms with Crippen LogP contribution in [-0.4, -0.2) is 11.6 Å². The summed E-state index contributed by atoms with van der Waals surface area (Å²) in [6.45, 7) is 0. The lowest BCUT2D eigenvalue weighted by molar-refractivity contribution is -0.121. The van der Waals surface area contributed by atoms with Crippen molar-refractivity contribution in [2.45, 2.75) is 6.42 Å². The van der Waals surface area contributed by atoms with E-state index in [1.165, 1.54) is 12.2 Å². The van der Waals surface area contributed by atoms with E-state index in [0.717, 1.165) is 21.9 Å². The maximum Gasteiger partial charge on any atom is 0.163 e. The first-order chi connectivity index (χ1) is 12.2. The van der Waals surface area contributed by atoms with E-state index in [0.29, 0.717) is 0 Å². The van der Waals surface area contributed by atoms with Gasteiger partial charge in [-0.3, -0.25) is 9.59 Å². The van der Waals surface area contributed by atoms with Crippen LogP contribution in [0.25, 0.3) is 22.9 Å². The largest absolute Gasteiger partial charge is 0.294 e. The molecule has 0 aliphatic rings. The van der Waals surface area contributed by atoms with Gasteiger partial charge in [0, 0.05) is 0 Å². The number of benzene rings is 3. The third kappa shape index (κ3) is 4.85. The molecule has 3 rings (SSSR count). The summed E-state index contributed by atoms with van der Waals surface area (Å²) in [6, 6.07) is 23.6. The summed E-state index contributed by atoms with van der Waals surface area (Å²) in [7, 11) is 0. The molecular formula is C23H18O2. The molecule has 0 N–H and O–H groups in total. The molecule has 3 aromatic rings. The van der Waals surface area contributed by atoms with Crippen molar-refractivity contribution in [2.75, 3.05) is 0 Å². The SMILES string of the molecule is O=C(/C=C/c1ccccc1)CC(=O)/C=C/c1ccc2ccccc2c1. The quantitative estimate of drug-likeness (QED) is 0.467. The van der Waals surface area contributed by atoms with Gasteiger partial charge in [-0.05, 0) is 40.1 Å². The van der Waals surface area contributed by atoms with Crippen LogP contribution in [0.15, 0.2) is 84.9 Å². The summed E-state index contributed by atoms with van der Waals surface area (Å²) in [5.74, 6) is -0.395. The van der Waals surface area contributed by atoms with Crippen LogP contribution in [0.4, 0.5) is 0 Å². The second-order valence-electron chi connectivity index (χ2n) is 5.79. The highest BCUT2D eigenvalue weighted by molar-refractivity contribution is 6.11. The topological polar surface area (TPSA) is 34.1 Å². The molecular weight excluding hydrogens is 308 g/mol. The molecule has 0 saturated heterocycles. The Hall–Kier alpha value is -3.26. The molecule has 0 unspecified atom stereocenters. The summed E-state index contributed by atoms with van der Waals surface area (Å²) in [4.78, 5) is 23.8. The fourth-order valence-corrected chi connectivity index (χ4v) is 2.54. The fraction of sp³-hybridized carbons (Fsp3) is 0.0435. The van der Waals surface area contributed by atoms with Crippen LogP contribution >= 0.6 is 0 Å². The number of fused-ring (bicyclic) bond motifs is 1. The van der Waals surface area contributed by atoms with Crippen LogP contribution in [0.2, 0.25) is 0 Å². The monoisotopic (exact) mass is 326 g/mol. The Morgan fingerprint density at radius 3 is 1.96 bits per heavy atom. The van der Waals surface area contributed by atoms with Crippen molar-refractivity contribution in [1.82, 2.24) is 0 Å². The Labute approximate surface area is 147 Å². The normalized spacial score (nSPS) is 11.4. The molecule has 25 heavy (non-hydrogen) atoms. The van der Waals surface area contributed by atoms with Gasteiger partial charge in [0.25, 0.3) is 0 Å². The maximum atomic E-state index is 12.0. The van der Waals surface area contributed by atoms with Gasteiger partial charge >= 0.3 is 0 Å². The first-order valence-corrected chi connectivity index (χ1v) is 8.16. The number of allylic oxidation sites excluding steroid dienone is 2. The van der Waals surface area contributed by atoms with E-state index in [1.54, 1.807) is 12.2 Å². The van der Waals surface area contributed by atoms with Crippen molar-refractivity contribution >= 4 is 34.5 Å². The Bertz CT molecular complexity index is 950. The number of rotatable bonds is 6. The van der Waals surface area contributed by atoms with Crippen molar-refractivity contribution in [3.05, 3.63) is 96.1 Å². The number of hydrogen-bond acceptors (Lipinski definition) is 2. The average molecular weight is 326 g/mol. The molecule has 2 nitrogen and oxygen atoms in total.